The van der Waals surface area contributed by atoms with Crippen molar-refractivity contribution in [3.05, 3.63) is 30.8 Å². The Morgan fingerprint density at radius 3 is 2.48 bits per heavy atom. The summed E-state index contributed by atoms with van der Waals surface area (Å²) >= 11 is 0. The highest BCUT2D eigenvalue weighted by molar-refractivity contribution is 5.68. The zero-order valence-corrected chi connectivity index (χ0v) is 14.1. The Morgan fingerprint density at radius 1 is 1.04 bits per heavy atom. The van der Waals surface area contributed by atoms with Gasteiger partial charge in [0.2, 0.25) is 0 Å². The summed E-state index contributed by atoms with van der Waals surface area (Å²) in [5, 5.41) is 0. The summed E-state index contributed by atoms with van der Waals surface area (Å²) in [5.74, 6) is 1.47. The van der Waals surface area contributed by atoms with E-state index in [-0.39, 0.29) is 0 Å². The molecule has 0 fully saturated rings. The number of nitrogen functional groups attached to an aromatic ring is 1. The molecule has 4 nitrogen and oxygen atoms in total. The van der Waals surface area contributed by atoms with Crippen LogP contribution >= 0.6 is 0 Å². The van der Waals surface area contributed by atoms with Gasteiger partial charge in [-0.3, -0.25) is 0 Å². The predicted octanol–water partition coefficient (Wildman–Crippen LogP) is 5.44. The smallest absolute Gasteiger partial charge is 0.181 e. The lowest BCUT2D eigenvalue weighted by atomic mass is 10.1. The van der Waals surface area contributed by atoms with E-state index in [0.717, 1.165) is 17.7 Å². The fourth-order valence-corrected chi connectivity index (χ4v) is 2.63. The van der Waals surface area contributed by atoms with Crippen molar-refractivity contribution >= 4 is 5.69 Å². The lowest BCUT2D eigenvalue weighted by Gasteiger charge is -2.11. The Kier molecular flexibility index (Phi) is 7.50. The molecule has 2 aromatic rings. The Morgan fingerprint density at radius 2 is 1.78 bits per heavy atom. The van der Waals surface area contributed by atoms with Crippen molar-refractivity contribution in [3.63, 3.8) is 0 Å². The molecule has 0 saturated heterocycles. The molecule has 0 radical (unpaired) electrons. The van der Waals surface area contributed by atoms with E-state index in [2.05, 4.69) is 11.9 Å². The Bertz CT molecular complexity index is 553. The molecule has 1 aromatic heterocycles. The lowest BCUT2D eigenvalue weighted by Crippen LogP contribution is -2.00. The van der Waals surface area contributed by atoms with Crippen molar-refractivity contribution in [1.29, 1.82) is 0 Å². The van der Waals surface area contributed by atoms with E-state index in [1.165, 1.54) is 51.3 Å². The molecular weight excluding hydrogens is 288 g/mol. The maximum absolute atomic E-state index is 5.92. The van der Waals surface area contributed by atoms with Gasteiger partial charge in [-0.05, 0) is 18.6 Å². The Balaban J connectivity index is 1.72. The molecule has 0 aliphatic carbocycles. The average molecular weight is 316 g/mol. The zero-order chi connectivity index (χ0) is 16.3. The Hall–Kier alpha value is -1.97. The number of oxazole rings is 1. The highest BCUT2D eigenvalue weighted by Gasteiger charge is 2.10. The van der Waals surface area contributed by atoms with Gasteiger partial charge >= 0.3 is 0 Å². The van der Waals surface area contributed by atoms with Gasteiger partial charge in [-0.1, -0.05) is 51.9 Å². The molecule has 126 valence electrons. The second kappa shape index (κ2) is 9.93. The topological polar surface area (TPSA) is 61.3 Å². The third-order valence-electron chi connectivity index (χ3n) is 3.96. The van der Waals surface area contributed by atoms with Crippen LogP contribution in [0.5, 0.6) is 5.75 Å². The number of nitrogens with two attached hydrogens (primary N) is 1. The van der Waals surface area contributed by atoms with Crippen molar-refractivity contribution in [2.45, 2.75) is 58.3 Å². The second-order valence-electron chi connectivity index (χ2n) is 5.94. The summed E-state index contributed by atoms with van der Waals surface area (Å²) in [7, 11) is 0. The van der Waals surface area contributed by atoms with Crippen molar-refractivity contribution in [2.24, 2.45) is 0 Å². The highest BCUT2D eigenvalue weighted by Crippen LogP contribution is 2.31. The largest absolute Gasteiger partial charge is 0.493 e. The van der Waals surface area contributed by atoms with Crippen LogP contribution < -0.4 is 10.5 Å². The molecule has 23 heavy (non-hydrogen) atoms. The monoisotopic (exact) mass is 316 g/mol. The molecule has 0 aliphatic heterocycles. The minimum atomic E-state index is 0.694. The maximum Gasteiger partial charge on any atom is 0.181 e. The van der Waals surface area contributed by atoms with Crippen LogP contribution in [0.2, 0.25) is 0 Å². The van der Waals surface area contributed by atoms with Crippen molar-refractivity contribution in [1.82, 2.24) is 4.98 Å². The first kappa shape index (κ1) is 17.4. The number of hydrogen-bond donors (Lipinski definition) is 1. The van der Waals surface area contributed by atoms with Gasteiger partial charge in [0.25, 0.3) is 0 Å². The predicted molar refractivity (Wildman–Crippen MR) is 94.5 cm³/mol. The normalized spacial score (nSPS) is 10.8. The van der Waals surface area contributed by atoms with Crippen LogP contribution in [0.4, 0.5) is 5.69 Å². The second-order valence-corrected chi connectivity index (χ2v) is 5.94. The number of aromatic nitrogens is 1. The summed E-state index contributed by atoms with van der Waals surface area (Å²) in [6, 6.07) is 5.61. The van der Waals surface area contributed by atoms with Gasteiger partial charge in [0.15, 0.2) is 12.2 Å². The van der Waals surface area contributed by atoms with Crippen molar-refractivity contribution in [2.75, 3.05) is 12.3 Å². The van der Waals surface area contributed by atoms with Crippen LogP contribution in [0.3, 0.4) is 0 Å². The molecule has 2 N–H and O–H groups in total. The quantitative estimate of drug-likeness (QED) is 0.442. The van der Waals surface area contributed by atoms with E-state index < -0.39 is 0 Å². The molecule has 1 heterocycles. The van der Waals surface area contributed by atoms with Gasteiger partial charge in [-0.2, -0.15) is 0 Å². The summed E-state index contributed by atoms with van der Waals surface area (Å²) in [4.78, 5) is 3.96. The van der Waals surface area contributed by atoms with Crippen molar-refractivity contribution in [3.8, 4) is 17.1 Å². The number of hydrogen-bond acceptors (Lipinski definition) is 4. The fraction of sp³-hybridized carbons (Fsp3) is 0.526. The third kappa shape index (κ3) is 5.97. The molecule has 0 bridgehead atoms. The summed E-state index contributed by atoms with van der Waals surface area (Å²) in [6.45, 7) is 2.96. The van der Waals surface area contributed by atoms with Crippen LogP contribution in [0, 0.1) is 0 Å². The van der Waals surface area contributed by atoms with Crippen LogP contribution in [0.1, 0.15) is 58.3 Å². The highest BCUT2D eigenvalue weighted by atomic mass is 16.5. The van der Waals surface area contributed by atoms with E-state index in [1.54, 1.807) is 6.20 Å². The molecule has 4 heteroatoms. The van der Waals surface area contributed by atoms with Crippen LogP contribution in [0.25, 0.3) is 11.3 Å². The van der Waals surface area contributed by atoms with Crippen LogP contribution in [0.15, 0.2) is 35.2 Å². The molecule has 0 unspecified atom stereocenters. The summed E-state index contributed by atoms with van der Waals surface area (Å²) in [6.07, 6.45) is 13.4. The number of ether oxygens (including phenoxy) is 1. The first-order valence-electron chi connectivity index (χ1n) is 8.72. The first-order chi connectivity index (χ1) is 11.3. The molecule has 0 aliphatic rings. The van der Waals surface area contributed by atoms with Crippen LogP contribution in [-0.4, -0.2) is 11.6 Å². The van der Waals surface area contributed by atoms with Gasteiger partial charge in [0.1, 0.15) is 5.75 Å². The number of rotatable bonds is 11. The van der Waals surface area contributed by atoms with Gasteiger partial charge in [0.05, 0.1) is 18.4 Å². The fourth-order valence-electron chi connectivity index (χ4n) is 2.63. The molecule has 0 saturated carbocycles. The van der Waals surface area contributed by atoms with E-state index in [4.69, 9.17) is 14.9 Å². The standard InChI is InChI=1S/C19H28N2O2/c1-2-3-4-5-6-7-8-9-12-22-18-13-16(20)10-11-17(18)19-14-21-15-23-19/h10-11,13-15H,2-9,12,20H2,1H3. The molecule has 0 spiro atoms. The lowest BCUT2D eigenvalue weighted by molar-refractivity contribution is 0.305. The van der Waals surface area contributed by atoms with Gasteiger partial charge in [-0.25, -0.2) is 4.98 Å². The van der Waals surface area contributed by atoms with Crippen LogP contribution in [-0.2, 0) is 0 Å². The number of anilines is 1. The number of unbranched alkanes of at least 4 members (excludes halogenated alkanes) is 7. The zero-order valence-electron chi connectivity index (χ0n) is 14.1. The summed E-state index contributed by atoms with van der Waals surface area (Å²) in [5.41, 5.74) is 7.46. The first-order valence-corrected chi connectivity index (χ1v) is 8.72. The minimum Gasteiger partial charge on any atom is -0.493 e. The molecule has 0 amide bonds. The summed E-state index contributed by atoms with van der Waals surface area (Å²) < 4.78 is 11.3. The molecular formula is C19H28N2O2. The Labute approximate surface area is 139 Å². The van der Waals surface area contributed by atoms with E-state index in [0.29, 0.717) is 18.1 Å². The van der Waals surface area contributed by atoms with Gasteiger partial charge in [0, 0.05) is 11.8 Å². The van der Waals surface area contributed by atoms with Crippen molar-refractivity contribution < 1.29 is 9.15 Å². The maximum atomic E-state index is 5.92. The van der Waals surface area contributed by atoms with E-state index in [1.807, 2.05) is 18.2 Å². The molecule has 1 aromatic carbocycles. The van der Waals surface area contributed by atoms with Gasteiger partial charge < -0.3 is 14.9 Å². The number of benzene rings is 1. The van der Waals surface area contributed by atoms with Gasteiger partial charge in [-0.15, -0.1) is 0 Å². The van der Waals surface area contributed by atoms with E-state index in [9.17, 15) is 0 Å². The number of nitrogens with zero attached hydrogens (tertiary/aromatic N) is 1. The average Bonchev–Trinajstić information content (AvgIpc) is 3.08. The van der Waals surface area contributed by atoms with E-state index >= 15 is 0 Å². The minimum absolute atomic E-state index is 0.694. The molecule has 2 rings (SSSR count). The SMILES string of the molecule is CCCCCCCCCCOc1cc(N)ccc1-c1cnco1. The third-order valence-corrected chi connectivity index (χ3v) is 3.96. The molecule has 0 atom stereocenters.